The van der Waals surface area contributed by atoms with Gasteiger partial charge in [0, 0.05) is 100 Å². The summed E-state index contributed by atoms with van der Waals surface area (Å²) in [5.41, 5.74) is 9.06. The molecule has 1 saturated carbocycles. The smallest absolute Gasteiger partial charge is 0.276 e. The number of hydrogen-bond donors (Lipinski definition) is 2. The highest BCUT2D eigenvalue weighted by atomic mass is 16.2. The molecule has 1 aromatic carbocycles. The van der Waals surface area contributed by atoms with Crippen molar-refractivity contribution in [3.63, 3.8) is 0 Å². The Morgan fingerprint density at radius 1 is 0.800 bits per heavy atom. The van der Waals surface area contributed by atoms with Crippen LogP contribution in [0.4, 0.5) is 28.7 Å². The Kier molecular flexibility index (Phi) is 11.4. The van der Waals surface area contributed by atoms with E-state index >= 15 is 0 Å². The molecular formula is C58H67N11O6. The summed E-state index contributed by atoms with van der Waals surface area (Å²) in [5.74, 6) is -0.816. The van der Waals surface area contributed by atoms with Gasteiger partial charge >= 0.3 is 0 Å². The number of carbonyl (C=O) groups excluding carboxylic acids is 5. The van der Waals surface area contributed by atoms with Crippen LogP contribution in [0.1, 0.15) is 122 Å². The van der Waals surface area contributed by atoms with Gasteiger partial charge in [-0.3, -0.25) is 48.8 Å². The summed E-state index contributed by atoms with van der Waals surface area (Å²) in [7, 11) is 1.75. The van der Waals surface area contributed by atoms with Crippen molar-refractivity contribution in [2.24, 2.45) is 23.3 Å². The molecule has 7 aliphatic rings. The number of carbonyl (C=O) groups is 5. The van der Waals surface area contributed by atoms with E-state index in [0.29, 0.717) is 41.0 Å². The summed E-state index contributed by atoms with van der Waals surface area (Å²) in [5, 5.41) is 5.61. The van der Waals surface area contributed by atoms with Gasteiger partial charge in [0.2, 0.25) is 11.8 Å². The molecule has 1 spiro atoms. The first kappa shape index (κ1) is 48.8. The molecule has 4 fully saturated rings. The Labute approximate surface area is 437 Å². The van der Waals surface area contributed by atoms with Gasteiger partial charge in [-0.25, -0.2) is 9.97 Å². The zero-order chi connectivity index (χ0) is 52.6. The fraction of sp³-hybridized carbons (Fsp3) is 0.483. The van der Waals surface area contributed by atoms with Crippen molar-refractivity contribution in [1.82, 2.24) is 34.2 Å². The number of hydrogen-bond acceptors (Lipinski definition) is 12. The van der Waals surface area contributed by atoms with Gasteiger partial charge in [-0.15, -0.1) is 0 Å². The van der Waals surface area contributed by atoms with Gasteiger partial charge in [-0.2, -0.15) is 0 Å². The summed E-state index contributed by atoms with van der Waals surface area (Å²) in [6.07, 6.45) is 11.0. The number of imide groups is 2. The van der Waals surface area contributed by atoms with Gasteiger partial charge in [0.1, 0.15) is 29.1 Å². The molecule has 5 atom stereocenters. The lowest BCUT2D eigenvalue weighted by atomic mass is 9.75. The van der Waals surface area contributed by atoms with E-state index in [2.05, 4.69) is 83.6 Å². The summed E-state index contributed by atoms with van der Waals surface area (Å²) < 4.78 is 3.80. The number of benzene rings is 1. The van der Waals surface area contributed by atoms with Crippen LogP contribution in [0.15, 0.2) is 71.9 Å². The molecule has 12 rings (SSSR count). The van der Waals surface area contributed by atoms with Crippen LogP contribution in [0.2, 0.25) is 0 Å². The maximum Gasteiger partial charge on any atom is 0.276 e. The molecule has 17 heteroatoms. The van der Waals surface area contributed by atoms with Gasteiger partial charge in [-0.1, -0.05) is 34.6 Å². The zero-order valence-corrected chi connectivity index (χ0v) is 44.3. The van der Waals surface area contributed by atoms with Crippen molar-refractivity contribution in [3.8, 4) is 11.1 Å². The highest BCUT2D eigenvalue weighted by Crippen LogP contribution is 2.60. The minimum Gasteiger partial charge on any atom is -0.367 e. The van der Waals surface area contributed by atoms with Crippen LogP contribution >= 0.6 is 0 Å². The van der Waals surface area contributed by atoms with E-state index in [0.717, 1.165) is 103 Å². The number of piperidine rings is 2. The highest BCUT2D eigenvalue weighted by molar-refractivity contribution is 6.23. The lowest BCUT2D eigenvalue weighted by Gasteiger charge is -2.49. The maximum atomic E-state index is 14.0. The zero-order valence-electron chi connectivity index (χ0n) is 44.3. The third-order valence-electron chi connectivity index (χ3n) is 17.7. The Balaban J connectivity index is 0.700. The second kappa shape index (κ2) is 17.5. The van der Waals surface area contributed by atoms with Gasteiger partial charge in [0.15, 0.2) is 0 Å². The first-order valence-electron chi connectivity index (χ1n) is 26.7. The summed E-state index contributed by atoms with van der Waals surface area (Å²) >= 11 is 0. The van der Waals surface area contributed by atoms with Crippen molar-refractivity contribution >= 4 is 58.2 Å². The van der Waals surface area contributed by atoms with E-state index in [4.69, 9.17) is 9.97 Å². The largest absolute Gasteiger partial charge is 0.367 e. The summed E-state index contributed by atoms with van der Waals surface area (Å²) in [6, 6.07) is 15.3. The normalized spacial score (nSPS) is 25.5. The Morgan fingerprint density at radius 2 is 1.59 bits per heavy atom. The number of rotatable bonds is 8. The van der Waals surface area contributed by atoms with Crippen molar-refractivity contribution in [2.45, 2.75) is 124 Å². The van der Waals surface area contributed by atoms with Crippen molar-refractivity contribution in [3.05, 3.63) is 111 Å². The topological polar surface area (TPSA) is 178 Å². The number of fused-ring (bicyclic) bond motifs is 4. The average Bonchev–Trinajstić information content (AvgIpc) is 3.79. The van der Waals surface area contributed by atoms with E-state index < -0.39 is 29.7 Å². The fourth-order valence-corrected chi connectivity index (χ4v) is 13.7. The second-order valence-corrected chi connectivity index (χ2v) is 24.3. The molecule has 2 aliphatic carbocycles. The average molecular weight is 1010 g/mol. The third kappa shape index (κ3) is 8.23. The van der Waals surface area contributed by atoms with Crippen LogP contribution in [0.25, 0.3) is 11.1 Å². The Morgan fingerprint density at radius 3 is 2.33 bits per heavy atom. The molecule has 390 valence electrons. The fourth-order valence-electron chi connectivity index (χ4n) is 13.7. The van der Waals surface area contributed by atoms with Crippen LogP contribution in [-0.4, -0.2) is 115 Å². The molecule has 9 heterocycles. The molecule has 5 aliphatic heterocycles. The SMILES string of the molecule is Cc1c(-c2cc(Nc3ccc(N4CC[C@]5(C[C@@H]4C(C)(C)C)C[C@H]5N4CCN(c5ccc6c(c5)C(=O)N(C5CCC(=O)NC5=O)C6=O)[C@@H](C)C4)cn3)c(=O)n(C)c2)ccnc1N1CCn2c(cc3c2CC(C)(C)C3)C1=O. The number of piperazine rings is 1. The molecule has 17 nitrogen and oxygen atoms in total. The number of anilines is 5. The van der Waals surface area contributed by atoms with Crippen molar-refractivity contribution in [2.75, 3.05) is 52.7 Å². The molecule has 3 saturated heterocycles. The van der Waals surface area contributed by atoms with Crippen LogP contribution < -0.4 is 30.9 Å². The van der Waals surface area contributed by atoms with Crippen LogP contribution in [0, 0.1) is 23.2 Å². The molecule has 75 heavy (non-hydrogen) atoms. The highest BCUT2D eigenvalue weighted by Gasteiger charge is 2.61. The Hall–Kier alpha value is -7.14. The molecular weight excluding hydrogens is 947 g/mol. The van der Waals surface area contributed by atoms with Crippen LogP contribution in [0.3, 0.4) is 0 Å². The molecule has 0 radical (unpaired) electrons. The minimum atomic E-state index is -0.992. The third-order valence-corrected chi connectivity index (χ3v) is 17.7. The van der Waals surface area contributed by atoms with Crippen LogP contribution in [0.5, 0.6) is 0 Å². The number of nitrogens with one attached hydrogen (secondary N) is 2. The predicted octanol–water partition coefficient (Wildman–Crippen LogP) is 6.87. The van der Waals surface area contributed by atoms with Crippen LogP contribution in [-0.2, 0) is 36.0 Å². The predicted molar refractivity (Wildman–Crippen MR) is 287 cm³/mol. The van der Waals surface area contributed by atoms with Crippen molar-refractivity contribution in [1.29, 1.82) is 0 Å². The molecule has 1 unspecified atom stereocenters. The quantitative estimate of drug-likeness (QED) is 0.155. The minimum absolute atomic E-state index is 0.00857. The van der Waals surface area contributed by atoms with Gasteiger partial charge in [0.05, 0.1) is 23.0 Å². The molecule has 0 bridgehead atoms. The lowest BCUT2D eigenvalue weighted by molar-refractivity contribution is -0.136. The Bertz CT molecular complexity index is 3320. The summed E-state index contributed by atoms with van der Waals surface area (Å²) in [6.45, 7) is 20.5. The number of nitrogens with zero attached hydrogens (tertiary/aromatic N) is 9. The van der Waals surface area contributed by atoms with E-state index in [1.165, 1.54) is 11.3 Å². The van der Waals surface area contributed by atoms with E-state index in [1.54, 1.807) is 34.8 Å². The molecule has 2 N–H and O–H groups in total. The molecule has 5 amide bonds. The van der Waals surface area contributed by atoms with Gasteiger partial charge in [-0.05, 0) is 134 Å². The number of aromatic nitrogens is 4. The molecule has 5 aromatic rings. The van der Waals surface area contributed by atoms with Crippen molar-refractivity contribution < 1.29 is 24.0 Å². The monoisotopic (exact) mass is 1010 g/mol. The number of aryl methyl sites for hydroxylation is 1. The van der Waals surface area contributed by atoms with E-state index in [9.17, 15) is 28.8 Å². The standard InChI is InChI=1S/C58H67N11O6/c1-33-31-64(19-20-65(33)37-9-11-40-41(25-37)53(73)69(52(40)72)43-12-14-49(70)62-51(43)71)47-29-58(47)16-18-66(46(28-58)56(3,4)5)38-10-13-48(60-30-38)61-42-23-36(32-63(8)54(42)74)39-15-17-59-50(34(39)2)68-22-21-67-44(55(68)75)24-35-26-57(6,7)27-45(35)67/h9-11,13,15,17,23-25,30,32-33,43,46-47H,12,14,16,18-22,26-29,31H2,1-8H3,(H,60,61)(H,62,70,71)/t33-,43?,46+,47+,58-/m0/s1. The van der Waals surface area contributed by atoms with E-state index in [1.807, 2.05) is 43.6 Å². The van der Waals surface area contributed by atoms with Gasteiger partial charge in [0.25, 0.3) is 23.3 Å². The first-order chi connectivity index (χ1) is 35.7. The first-order valence-corrected chi connectivity index (χ1v) is 26.7. The number of pyridine rings is 3. The van der Waals surface area contributed by atoms with E-state index in [-0.39, 0.29) is 52.6 Å². The summed E-state index contributed by atoms with van der Waals surface area (Å²) in [4.78, 5) is 99.1. The lowest BCUT2D eigenvalue weighted by Crippen LogP contribution is -2.55. The molecule has 4 aromatic heterocycles. The van der Waals surface area contributed by atoms with Gasteiger partial charge < -0.3 is 24.3 Å². The second-order valence-electron chi connectivity index (χ2n) is 24.3. The number of amides is 5. The maximum absolute atomic E-state index is 14.0.